The Kier molecular flexibility index (Phi) is 8.84. The second-order valence-electron chi connectivity index (χ2n) is 5.68. The molecule has 0 saturated heterocycles. The van der Waals surface area contributed by atoms with Crippen molar-refractivity contribution in [1.29, 1.82) is 0 Å². The molecule has 2 aromatic rings. The van der Waals surface area contributed by atoms with Crippen molar-refractivity contribution >= 4 is 18.7 Å². The predicted octanol–water partition coefficient (Wildman–Crippen LogP) is 1.69. The Morgan fingerprint density at radius 1 is 0.852 bits per heavy atom. The predicted molar refractivity (Wildman–Crippen MR) is 101 cm³/mol. The highest BCUT2D eigenvalue weighted by Gasteiger charge is 2.30. The Morgan fingerprint density at radius 3 is 1.59 bits per heavy atom. The number of benzene rings is 2. The van der Waals surface area contributed by atoms with E-state index >= 15 is 0 Å². The minimum atomic E-state index is -1.02. The normalized spacial score (nSPS) is 11.4. The first-order valence-electron chi connectivity index (χ1n) is 8.14. The largest absolute Gasteiger partial charge is 0.480 e. The molecule has 27 heavy (non-hydrogen) atoms. The summed E-state index contributed by atoms with van der Waals surface area (Å²) in [5, 5.41) is 25.1. The van der Waals surface area contributed by atoms with Gasteiger partial charge in [-0.1, -0.05) is 48.5 Å². The van der Waals surface area contributed by atoms with Gasteiger partial charge in [0.25, 0.3) is 0 Å². The molecular weight excluding hydrogens is 350 g/mol. The van der Waals surface area contributed by atoms with Gasteiger partial charge in [0.05, 0.1) is 13.1 Å². The summed E-state index contributed by atoms with van der Waals surface area (Å²) in [5.74, 6) is -2.06. The Labute approximate surface area is 157 Å². The van der Waals surface area contributed by atoms with Crippen LogP contribution in [0.2, 0.25) is 0 Å². The molecule has 0 aromatic heterocycles. The molecule has 0 atom stereocenters. The summed E-state index contributed by atoms with van der Waals surface area (Å²) in [7, 11) is 1.00. The first-order chi connectivity index (χ1) is 13.1. The Bertz CT molecular complexity index is 715. The Hall–Kier alpha value is -3.03. The number of rotatable bonds is 6. The van der Waals surface area contributed by atoms with Crippen LogP contribution < -0.4 is 0 Å². The van der Waals surface area contributed by atoms with Crippen LogP contribution in [0, 0.1) is 0 Å². The fourth-order valence-corrected chi connectivity index (χ4v) is 3.28. The lowest BCUT2D eigenvalue weighted by Crippen LogP contribution is -2.37. The van der Waals surface area contributed by atoms with Gasteiger partial charge in [-0.15, -0.1) is 0 Å². The van der Waals surface area contributed by atoms with Crippen LogP contribution in [-0.2, 0) is 14.4 Å². The standard InChI is InChI=1S/C18H17NO4.CH4O.CH2O/c20-17(21)10-19(11-18(22)23)9-16-14-7-3-1-5-12(14)13-6-2-4-8-15(13)16;2*1-2/h1-8,16H,9-11H2,(H,20,21)(H,22,23);2H,1H3;1H2. The topological polar surface area (TPSA) is 115 Å². The maximum atomic E-state index is 11.0. The average Bonchev–Trinajstić information content (AvgIpc) is 2.98. The summed E-state index contributed by atoms with van der Waals surface area (Å²) in [4.78, 5) is 31.5. The first-order valence-corrected chi connectivity index (χ1v) is 8.14. The van der Waals surface area contributed by atoms with Gasteiger partial charge in [0.1, 0.15) is 6.79 Å². The lowest BCUT2D eigenvalue weighted by Gasteiger charge is -2.23. The summed E-state index contributed by atoms with van der Waals surface area (Å²) in [6.45, 7) is 1.80. The van der Waals surface area contributed by atoms with Gasteiger partial charge in [0, 0.05) is 19.6 Å². The molecular formula is C20H23NO6. The first kappa shape index (κ1) is 22.0. The molecule has 0 bridgehead atoms. The van der Waals surface area contributed by atoms with Crippen LogP contribution >= 0.6 is 0 Å². The Morgan fingerprint density at radius 2 is 1.22 bits per heavy atom. The van der Waals surface area contributed by atoms with Crippen LogP contribution in [0.15, 0.2) is 48.5 Å². The molecule has 7 nitrogen and oxygen atoms in total. The van der Waals surface area contributed by atoms with Crippen LogP contribution in [0.3, 0.4) is 0 Å². The van der Waals surface area contributed by atoms with Crippen molar-refractivity contribution in [3.8, 4) is 11.1 Å². The van der Waals surface area contributed by atoms with E-state index in [-0.39, 0.29) is 19.0 Å². The number of hydrogen-bond acceptors (Lipinski definition) is 5. The molecule has 1 aliphatic rings. The molecule has 2 aromatic carbocycles. The van der Waals surface area contributed by atoms with E-state index in [9.17, 15) is 9.59 Å². The minimum absolute atomic E-state index is 0.0129. The number of carbonyl (C=O) groups is 3. The third-order valence-corrected chi connectivity index (χ3v) is 4.12. The SMILES string of the molecule is C=O.CO.O=C(O)CN(CC(=O)O)CC1c2ccccc2-c2ccccc21. The van der Waals surface area contributed by atoms with E-state index in [0.29, 0.717) is 6.54 Å². The van der Waals surface area contributed by atoms with E-state index in [4.69, 9.17) is 20.1 Å². The van der Waals surface area contributed by atoms with Gasteiger partial charge in [-0.3, -0.25) is 14.5 Å². The molecule has 1 aliphatic carbocycles. The molecule has 0 amide bonds. The zero-order chi connectivity index (χ0) is 20.4. The molecule has 3 rings (SSSR count). The summed E-state index contributed by atoms with van der Waals surface area (Å²) in [6, 6.07) is 16.0. The van der Waals surface area contributed by atoms with Gasteiger partial charge in [0.15, 0.2) is 0 Å². The summed E-state index contributed by atoms with van der Waals surface area (Å²) in [5.41, 5.74) is 4.52. The molecule has 0 saturated carbocycles. The fraction of sp³-hybridized carbons (Fsp3) is 0.250. The van der Waals surface area contributed by atoms with E-state index in [2.05, 4.69) is 0 Å². The summed E-state index contributed by atoms with van der Waals surface area (Å²) >= 11 is 0. The number of hydrogen-bond donors (Lipinski definition) is 3. The van der Waals surface area contributed by atoms with Crippen molar-refractivity contribution in [2.45, 2.75) is 5.92 Å². The van der Waals surface area contributed by atoms with Gasteiger partial charge in [-0.05, 0) is 22.3 Å². The fourth-order valence-electron chi connectivity index (χ4n) is 3.28. The third kappa shape index (κ3) is 5.47. The van der Waals surface area contributed by atoms with Gasteiger partial charge in [0.2, 0.25) is 0 Å². The number of carboxylic acids is 2. The van der Waals surface area contributed by atoms with E-state index in [1.165, 1.54) is 4.90 Å². The molecule has 0 spiro atoms. The number of aliphatic hydroxyl groups is 1. The Balaban J connectivity index is 0.000000855. The molecule has 0 fully saturated rings. The van der Waals surface area contributed by atoms with Gasteiger partial charge < -0.3 is 20.1 Å². The summed E-state index contributed by atoms with van der Waals surface area (Å²) < 4.78 is 0. The molecule has 3 N–H and O–H groups in total. The van der Waals surface area contributed by atoms with Crippen molar-refractivity contribution in [3.63, 3.8) is 0 Å². The van der Waals surface area contributed by atoms with Crippen LogP contribution in [-0.4, -0.2) is 65.7 Å². The second-order valence-corrected chi connectivity index (χ2v) is 5.68. The molecule has 0 radical (unpaired) electrons. The van der Waals surface area contributed by atoms with Crippen molar-refractivity contribution in [3.05, 3.63) is 59.7 Å². The molecule has 0 heterocycles. The van der Waals surface area contributed by atoms with Crippen LogP contribution in [0.25, 0.3) is 11.1 Å². The monoisotopic (exact) mass is 373 g/mol. The summed E-state index contributed by atoms with van der Waals surface area (Å²) in [6.07, 6.45) is 0. The van der Waals surface area contributed by atoms with Gasteiger partial charge in [-0.25, -0.2) is 0 Å². The van der Waals surface area contributed by atoms with Gasteiger partial charge in [-0.2, -0.15) is 0 Å². The lowest BCUT2D eigenvalue weighted by atomic mass is 9.96. The minimum Gasteiger partial charge on any atom is -0.480 e. The molecule has 144 valence electrons. The molecule has 7 heteroatoms. The second kappa shape index (κ2) is 10.8. The van der Waals surface area contributed by atoms with Gasteiger partial charge >= 0.3 is 11.9 Å². The zero-order valence-corrected chi connectivity index (χ0v) is 15.0. The number of aliphatic hydroxyl groups excluding tert-OH is 1. The van der Waals surface area contributed by atoms with Crippen molar-refractivity contribution in [1.82, 2.24) is 4.90 Å². The maximum absolute atomic E-state index is 11.0. The quantitative estimate of drug-likeness (QED) is 0.706. The van der Waals surface area contributed by atoms with Crippen molar-refractivity contribution in [2.24, 2.45) is 0 Å². The number of aliphatic carboxylic acids is 2. The third-order valence-electron chi connectivity index (χ3n) is 4.12. The van der Waals surface area contributed by atoms with Crippen LogP contribution in [0.4, 0.5) is 0 Å². The highest BCUT2D eigenvalue weighted by Crippen LogP contribution is 2.44. The smallest absolute Gasteiger partial charge is 0.317 e. The van der Waals surface area contributed by atoms with E-state index in [0.717, 1.165) is 29.4 Å². The number of carbonyl (C=O) groups excluding carboxylic acids is 1. The van der Waals surface area contributed by atoms with E-state index in [1.807, 2.05) is 55.3 Å². The van der Waals surface area contributed by atoms with Crippen molar-refractivity contribution < 1.29 is 29.7 Å². The lowest BCUT2D eigenvalue weighted by molar-refractivity contribution is -0.141. The van der Waals surface area contributed by atoms with Crippen molar-refractivity contribution in [2.75, 3.05) is 26.7 Å². The van der Waals surface area contributed by atoms with Crippen LogP contribution in [0.1, 0.15) is 17.0 Å². The number of fused-ring (bicyclic) bond motifs is 3. The zero-order valence-electron chi connectivity index (χ0n) is 15.0. The van der Waals surface area contributed by atoms with Crippen LogP contribution in [0.5, 0.6) is 0 Å². The highest BCUT2D eigenvalue weighted by molar-refractivity contribution is 5.79. The van der Waals surface area contributed by atoms with E-state index in [1.54, 1.807) is 0 Å². The number of nitrogens with zero attached hydrogens (tertiary/aromatic N) is 1. The average molecular weight is 373 g/mol. The molecule has 0 aliphatic heterocycles. The van der Waals surface area contributed by atoms with E-state index < -0.39 is 11.9 Å². The maximum Gasteiger partial charge on any atom is 0.317 e. The number of carboxylic acid groups (broad SMARTS) is 2. The highest BCUT2D eigenvalue weighted by atomic mass is 16.4. The molecule has 0 unspecified atom stereocenters.